The average molecular weight is 345 g/mol. The molecule has 20 heavy (non-hydrogen) atoms. The molecule has 1 unspecified atom stereocenters. The molecule has 1 rings (SSSR count). The molecule has 0 aliphatic carbocycles. The van der Waals surface area contributed by atoms with Crippen LogP contribution in [0.1, 0.15) is 32.3 Å². The average Bonchev–Trinajstić information content (AvgIpc) is 2.44. The Morgan fingerprint density at radius 1 is 1.25 bits per heavy atom. The predicted octanol–water partition coefficient (Wildman–Crippen LogP) is 3.83. The maximum absolute atomic E-state index is 11.6. The normalized spacial score (nSPS) is 13.9. The molecule has 1 N–H and O–H groups in total. The molecule has 0 heterocycles. The topological polar surface area (TPSA) is 55.8 Å². The van der Waals surface area contributed by atoms with Crippen LogP contribution in [0.3, 0.4) is 0 Å². The quantitative estimate of drug-likeness (QED) is 0.420. The van der Waals surface area contributed by atoms with Crippen LogP contribution in [-0.2, 0) is 21.0 Å². The molecule has 0 aromatic heterocycles. The van der Waals surface area contributed by atoms with Gasteiger partial charge in [0.05, 0.1) is 18.6 Å². The molecule has 0 aliphatic heterocycles. The highest BCUT2D eigenvalue weighted by Gasteiger charge is 2.37. The molecule has 0 bridgehead atoms. The Bertz CT molecular complexity index is 418. The summed E-state index contributed by atoms with van der Waals surface area (Å²) in [5.41, 5.74) is 0.214. The highest BCUT2D eigenvalue weighted by Crippen LogP contribution is 2.29. The van der Waals surface area contributed by atoms with Crippen LogP contribution in [0.5, 0.6) is 0 Å². The largest absolute Gasteiger partial charge is 0.481 e. The van der Waals surface area contributed by atoms with Gasteiger partial charge in [0.15, 0.2) is 0 Å². The molecule has 1 aromatic rings. The number of halogens is 1. The van der Waals surface area contributed by atoms with Crippen molar-refractivity contribution in [2.24, 2.45) is 5.41 Å². The SMILES string of the molecule is CCOOCC(CC)(CCc1ccc(Br)cc1)C(=O)O. The summed E-state index contributed by atoms with van der Waals surface area (Å²) >= 11 is 3.38. The Morgan fingerprint density at radius 2 is 1.90 bits per heavy atom. The zero-order valence-corrected chi connectivity index (χ0v) is 13.5. The van der Waals surface area contributed by atoms with E-state index in [1.54, 1.807) is 6.92 Å². The first-order valence-electron chi connectivity index (χ1n) is 6.76. The molecule has 0 aliphatic rings. The van der Waals surface area contributed by atoms with Gasteiger partial charge in [-0.15, -0.1) is 0 Å². The van der Waals surface area contributed by atoms with E-state index < -0.39 is 11.4 Å². The smallest absolute Gasteiger partial charge is 0.312 e. The van der Waals surface area contributed by atoms with Crippen LogP contribution >= 0.6 is 15.9 Å². The van der Waals surface area contributed by atoms with E-state index in [9.17, 15) is 9.90 Å². The van der Waals surface area contributed by atoms with Crippen LogP contribution in [0, 0.1) is 5.41 Å². The van der Waals surface area contributed by atoms with Gasteiger partial charge >= 0.3 is 5.97 Å². The third-order valence-corrected chi connectivity index (χ3v) is 4.00. The number of carbonyl (C=O) groups is 1. The molecule has 1 atom stereocenters. The second kappa shape index (κ2) is 8.39. The summed E-state index contributed by atoms with van der Waals surface area (Å²) in [5.74, 6) is -0.836. The fraction of sp³-hybridized carbons (Fsp3) is 0.533. The number of benzene rings is 1. The summed E-state index contributed by atoms with van der Waals surface area (Å²) in [6.07, 6.45) is 1.72. The zero-order chi connectivity index (χ0) is 15.0. The Labute approximate surface area is 128 Å². The van der Waals surface area contributed by atoms with Crippen LogP contribution in [0.4, 0.5) is 0 Å². The van der Waals surface area contributed by atoms with Gasteiger partial charge in [-0.1, -0.05) is 35.0 Å². The number of aryl methyl sites for hydroxylation is 1. The van der Waals surface area contributed by atoms with Crippen LogP contribution in [0.25, 0.3) is 0 Å². The summed E-state index contributed by atoms with van der Waals surface area (Å²) in [4.78, 5) is 21.4. The van der Waals surface area contributed by atoms with E-state index >= 15 is 0 Å². The van der Waals surface area contributed by atoms with Crippen molar-refractivity contribution in [1.29, 1.82) is 0 Å². The number of hydrogen-bond acceptors (Lipinski definition) is 3. The molecule has 0 saturated carbocycles. The lowest BCUT2D eigenvalue weighted by molar-refractivity contribution is -0.306. The summed E-state index contributed by atoms with van der Waals surface area (Å²) < 4.78 is 1.01. The van der Waals surface area contributed by atoms with E-state index in [2.05, 4.69) is 15.9 Å². The number of rotatable bonds is 9. The van der Waals surface area contributed by atoms with Gasteiger partial charge in [-0.3, -0.25) is 4.79 Å². The van der Waals surface area contributed by atoms with Crippen molar-refractivity contribution < 1.29 is 19.7 Å². The number of aliphatic carboxylic acids is 1. The lowest BCUT2D eigenvalue weighted by Gasteiger charge is -2.27. The lowest BCUT2D eigenvalue weighted by atomic mass is 9.80. The van der Waals surface area contributed by atoms with E-state index in [0.29, 0.717) is 25.9 Å². The first kappa shape index (κ1) is 17.1. The summed E-state index contributed by atoms with van der Waals surface area (Å²) in [5, 5.41) is 9.50. The standard InChI is InChI=1S/C15H21BrO4/c1-3-15(14(17)18,11-20-19-4-2)10-9-12-5-7-13(16)8-6-12/h5-8H,3-4,9-11H2,1-2H3,(H,17,18). The van der Waals surface area contributed by atoms with Gasteiger partial charge < -0.3 is 5.11 Å². The summed E-state index contributed by atoms with van der Waals surface area (Å²) in [7, 11) is 0. The van der Waals surface area contributed by atoms with Gasteiger partial charge in [0.2, 0.25) is 0 Å². The van der Waals surface area contributed by atoms with Gasteiger partial charge in [-0.05, 0) is 43.9 Å². The molecular weight excluding hydrogens is 324 g/mol. The molecule has 4 nitrogen and oxygen atoms in total. The number of carboxylic acid groups (broad SMARTS) is 1. The highest BCUT2D eigenvalue weighted by atomic mass is 79.9. The summed E-state index contributed by atoms with van der Waals surface area (Å²) in [6, 6.07) is 7.91. The molecule has 1 aromatic carbocycles. The maximum Gasteiger partial charge on any atom is 0.312 e. The molecule has 112 valence electrons. The minimum Gasteiger partial charge on any atom is -0.481 e. The van der Waals surface area contributed by atoms with Crippen molar-refractivity contribution in [3.8, 4) is 0 Å². The van der Waals surface area contributed by atoms with Gasteiger partial charge in [0, 0.05) is 4.47 Å². The zero-order valence-electron chi connectivity index (χ0n) is 11.9. The van der Waals surface area contributed by atoms with Crippen molar-refractivity contribution >= 4 is 21.9 Å². The van der Waals surface area contributed by atoms with E-state index in [0.717, 1.165) is 10.0 Å². The molecule has 5 heteroatoms. The predicted molar refractivity (Wildman–Crippen MR) is 80.4 cm³/mol. The second-order valence-corrected chi connectivity index (χ2v) is 5.65. The van der Waals surface area contributed by atoms with Crippen LogP contribution < -0.4 is 0 Å². The monoisotopic (exact) mass is 344 g/mol. The minimum atomic E-state index is -0.901. The maximum atomic E-state index is 11.6. The molecule has 0 amide bonds. The summed E-state index contributed by atoms with van der Waals surface area (Å²) in [6.45, 7) is 4.15. The van der Waals surface area contributed by atoms with Crippen molar-refractivity contribution in [2.45, 2.75) is 33.1 Å². The third-order valence-electron chi connectivity index (χ3n) is 3.47. The highest BCUT2D eigenvalue weighted by molar-refractivity contribution is 9.10. The van der Waals surface area contributed by atoms with Gasteiger partial charge in [-0.25, -0.2) is 9.78 Å². The number of carboxylic acids is 1. The van der Waals surface area contributed by atoms with Crippen molar-refractivity contribution in [2.75, 3.05) is 13.2 Å². The van der Waals surface area contributed by atoms with Crippen LogP contribution in [0.2, 0.25) is 0 Å². The first-order chi connectivity index (χ1) is 9.54. The van der Waals surface area contributed by atoms with Gasteiger partial charge in [0.1, 0.15) is 0 Å². The Balaban J connectivity index is 2.68. The van der Waals surface area contributed by atoms with Crippen LogP contribution in [0.15, 0.2) is 28.7 Å². The van der Waals surface area contributed by atoms with Crippen LogP contribution in [-0.4, -0.2) is 24.3 Å². The molecule has 0 saturated heterocycles. The van der Waals surface area contributed by atoms with Gasteiger partial charge in [-0.2, -0.15) is 0 Å². The van der Waals surface area contributed by atoms with Crippen molar-refractivity contribution in [3.05, 3.63) is 34.3 Å². The molecular formula is C15H21BrO4. The molecule has 0 radical (unpaired) electrons. The molecule has 0 spiro atoms. The van der Waals surface area contributed by atoms with Crippen molar-refractivity contribution in [1.82, 2.24) is 0 Å². The van der Waals surface area contributed by atoms with Crippen molar-refractivity contribution in [3.63, 3.8) is 0 Å². The van der Waals surface area contributed by atoms with E-state index in [1.807, 2.05) is 31.2 Å². The molecule has 0 fully saturated rings. The first-order valence-corrected chi connectivity index (χ1v) is 7.55. The van der Waals surface area contributed by atoms with E-state index in [4.69, 9.17) is 9.78 Å². The second-order valence-electron chi connectivity index (χ2n) is 4.73. The fourth-order valence-electron chi connectivity index (χ4n) is 1.94. The fourth-order valence-corrected chi connectivity index (χ4v) is 2.21. The van der Waals surface area contributed by atoms with Gasteiger partial charge in [0.25, 0.3) is 0 Å². The number of hydrogen-bond donors (Lipinski definition) is 1. The third kappa shape index (κ3) is 4.89. The Hall–Kier alpha value is -0.910. The Morgan fingerprint density at radius 3 is 2.40 bits per heavy atom. The lowest BCUT2D eigenvalue weighted by Crippen LogP contribution is -2.36. The van der Waals surface area contributed by atoms with E-state index in [1.165, 1.54) is 0 Å². The minimum absolute atomic E-state index is 0.0726. The Kier molecular flexibility index (Phi) is 7.19. The van der Waals surface area contributed by atoms with E-state index in [-0.39, 0.29) is 6.61 Å².